The number of sulfonamides is 1. The van der Waals surface area contributed by atoms with Crippen LogP contribution in [-0.2, 0) is 16.6 Å². The first-order chi connectivity index (χ1) is 15.4. The van der Waals surface area contributed by atoms with Crippen LogP contribution in [0, 0.1) is 5.82 Å². The highest BCUT2D eigenvalue weighted by atomic mass is 32.2. The molecule has 4 rings (SSSR count). The van der Waals surface area contributed by atoms with E-state index in [1.807, 2.05) is 17.5 Å². The lowest BCUT2D eigenvalue weighted by atomic mass is 10.0. The molecule has 4 aromatic rings. The molecule has 2 aromatic carbocycles. The first-order valence-electron chi connectivity index (χ1n) is 9.64. The number of carbonyl (C=O) groups excluding carboxylic acids is 1. The van der Waals surface area contributed by atoms with Crippen molar-refractivity contribution in [2.75, 3.05) is 0 Å². The van der Waals surface area contributed by atoms with Gasteiger partial charge in [0.15, 0.2) is 0 Å². The normalized spacial score (nSPS) is 12.4. The zero-order valence-corrected chi connectivity index (χ0v) is 18.3. The van der Waals surface area contributed by atoms with Crippen molar-refractivity contribution in [3.05, 3.63) is 112 Å². The van der Waals surface area contributed by atoms with Gasteiger partial charge in [-0.05, 0) is 65.5 Å². The molecule has 2 heterocycles. The fourth-order valence-electron chi connectivity index (χ4n) is 3.09. The smallest absolute Gasteiger partial charge is 0.252 e. The monoisotopic (exact) mass is 470 g/mol. The number of benzene rings is 2. The molecule has 0 aliphatic rings. The van der Waals surface area contributed by atoms with Crippen molar-refractivity contribution >= 4 is 27.3 Å². The maximum Gasteiger partial charge on any atom is 0.252 e. The van der Waals surface area contributed by atoms with E-state index in [1.54, 1.807) is 24.3 Å². The standard InChI is InChI=1S/C23H19FN2O4S2/c24-18-9-5-16(6-10-18)22(21-4-2-14-31-21)26-23(27)17-7-11-20(12-8-17)32(28,29)25-15-19-3-1-13-30-19/h1-14,22,25H,15H2,(H,26,27). The van der Waals surface area contributed by atoms with E-state index in [1.165, 1.54) is 54.0 Å². The van der Waals surface area contributed by atoms with Crippen molar-refractivity contribution in [2.24, 2.45) is 0 Å². The van der Waals surface area contributed by atoms with Crippen molar-refractivity contribution in [2.45, 2.75) is 17.5 Å². The molecule has 0 spiro atoms. The summed E-state index contributed by atoms with van der Waals surface area (Å²) in [5, 5.41) is 4.84. The van der Waals surface area contributed by atoms with Gasteiger partial charge in [0, 0.05) is 10.4 Å². The average molecular weight is 471 g/mol. The third-order valence-corrected chi connectivity index (χ3v) is 7.10. The van der Waals surface area contributed by atoms with E-state index in [4.69, 9.17) is 4.42 Å². The van der Waals surface area contributed by atoms with Crippen LogP contribution in [0.1, 0.15) is 32.6 Å². The van der Waals surface area contributed by atoms with E-state index in [-0.39, 0.29) is 23.2 Å². The Kier molecular flexibility index (Phi) is 6.50. The molecule has 0 bridgehead atoms. The third kappa shape index (κ3) is 5.13. The molecule has 0 aliphatic carbocycles. The molecule has 0 saturated heterocycles. The second-order valence-electron chi connectivity index (χ2n) is 6.90. The summed E-state index contributed by atoms with van der Waals surface area (Å²) in [6.07, 6.45) is 1.46. The van der Waals surface area contributed by atoms with Gasteiger partial charge in [-0.1, -0.05) is 18.2 Å². The molecular formula is C23H19FN2O4S2. The van der Waals surface area contributed by atoms with Crippen LogP contribution in [0.25, 0.3) is 0 Å². The summed E-state index contributed by atoms with van der Waals surface area (Å²) in [5.74, 6) is -0.243. The van der Waals surface area contributed by atoms with Gasteiger partial charge < -0.3 is 9.73 Å². The summed E-state index contributed by atoms with van der Waals surface area (Å²) in [6, 6.07) is 18.2. The highest BCUT2D eigenvalue weighted by Crippen LogP contribution is 2.27. The molecule has 0 aliphatic heterocycles. The Morgan fingerprint density at radius 2 is 1.75 bits per heavy atom. The summed E-state index contributed by atoms with van der Waals surface area (Å²) in [5.41, 5.74) is 1.04. The number of hydrogen-bond acceptors (Lipinski definition) is 5. The molecule has 0 fully saturated rings. The van der Waals surface area contributed by atoms with Crippen molar-refractivity contribution in [3.63, 3.8) is 0 Å². The van der Waals surface area contributed by atoms with E-state index >= 15 is 0 Å². The molecule has 6 nitrogen and oxygen atoms in total. The highest BCUT2D eigenvalue weighted by molar-refractivity contribution is 7.89. The molecule has 1 unspecified atom stereocenters. The minimum absolute atomic E-state index is 0.0255. The Morgan fingerprint density at radius 1 is 1.00 bits per heavy atom. The lowest BCUT2D eigenvalue weighted by molar-refractivity contribution is 0.0943. The van der Waals surface area contributed by atoms with Gasteiger partial charge in [0.1, 0.15) is 11.6 Å². The summed E-state index contributed by atoms with van der Waals surface area (Å²) in [6.45, 7) is 0.0255. The van der Waals surface area contributed by atoms with Crippen molar-refractivity contribution in [1.29, 1.82) is 0 Å². The largest absolute Gasteiger partial charge is 0.468 e. The predicted octanol–water partition coefficient (Wildman–Crippen LogP) is 4.48. The molecular weight excluding hydrogens is 451 g/mol. The van der Waals surface area contributed by atoms with Gasteiger partial charge in [0.05, 0.1) is 23.7 Å². The Labute approximate surface area is 188 Å². The summed E-state index contributed by atoms with van der Waals surface area (Å²) >= 11 is 1.47. The topological polar surface area (TPSA) is 88.4 Å². The van der Waals surface area contributed by atoms with Crippen LogP contribution >= 0.6 is 11.3 Å². The number of hydrogen-bond donors (Lipinski definition) is 2. The van der Waals surface area contributed by atoms with Gasteiger partial charge in [-0.3, -0.25) is 4.79 Å². The second-order valence-corrected chi connectivity index (χ2v) is 9.65. The van der Waals surface area contributed by atoms with Crippen LogP contribution in [0.5, 0.6) is 0 Å². The van der Waals surface area contributed by atoms with Gasteiger partial charge >= 0.3 is 0 Å². The van der Waals surface area contributed by atoms with Gasteiger partial charge in [-0.15, -0.1) is 11.3 Å². The van der Waals surface area contributed by atoms with Crippen LogP contribution in [0.3, 0.4) is 0 Å². The van der Waals surface area contributed by atoms with Gasteiger partial charge in [-0.2, -0.15) is 0 Å². The Balaban J connectivity index is 1.49. The summed E-state index contributed by atoms with van der Waals surface area (Å²) in [7, 11) is -3.76. The fourth-order valence-corrected chi connectivity index (χ4v) is 4.89. The van der Waals surface area contributed by atoms with Crippen molar-refractivity contribution < 1.29 is 22.0 Å². The van der Waals surface area contributed by atoms with Crippen molar-refractivity contribution in [1.82, 2.24) is 10.0 Å². The minimum Gasteiger partial charge on any atom is -0.468 e. The molecule has 9 heteroatoms. The minimum atomic E-state index is -3.76. The summed E-state index contributed by atoms with van der Waals surface area (Å²) < 4.78 is 45.9. The van der Waals surface area contributed by atoms with E-state index in [9.17, 15) is 17.6 Å². The summed E-state index contributed by atoms with van der Waals surface area (Å²) in [4.78, 5) is 13.8. The van der Waals surface area contributed by atoms with Crippen LogP contribution < -0.4 is 10.0 Å². The lowest BCUT2D eigenvalue weighted by Gasteiger charge is -2.18. The average Bonchev–Trinajstić information content (AvgIpc) is 3.51. The number of furan rings is 1. The number of amides is 1. The predicted molar refractivity (Wildman–Crippen MR) is 119 cm³/mol. The number of thiophene rings is 1. The quantitative estimate of drug-likeness (QED) is 0.398. The first kappa shape index (κ1) is 21.9. The highest BCUT2D eigenvalue weighted by Gasteiger charge is 2.20. The van der Waals surface area contributed by atoms with Gasteiger partial charge in [0.2, 0.25) is 10.0 Å². The number of nitrogens with one attached hydrogen (secondary N) is 2. The molecule has 32 heavy (non-hydrogen) atoms. The zero-order valence-electron chi connectivity index (χ0n) is 16.7. The molecule has 2 N–H and O–H groups in total. The molecule has 0 saturated carbocycles. The molecule has 164 valence electrons. The maximum absolute atomic E-state index is 13.3. The molecule has 0 radical (unpaired) electrons. The maximum atomic E-state index is 13.3. The van der Waals surface area contributed by atoms with Crippen LogP contribution in [0.15, 0.2) is 93.8 Å². The fraction of sp³-hybridized carbons (Fsp3) is 0.0870. The van der Waals surface area contributed by atoms with Gasteiger partial charge in [0.25, 0.3) is 5.91 Å². The van der Waals surface area contributed by atoms with E-state index in [2.05, 4.69) is 10.0 Å². The molecule has 2 aromatic heterocycles. The van der Waals surface area contributed by atoms with E-state index in [0.717, 1.165) is 10.4 Å². The number of rotatable bonds is 8. The number of halogens is 1. The molecule has 1 atom stereocenters. The third-order valence-electron chi connectivity index (χ3n) is 4.75. The van der Waals surface area contributed by atoms with Crippen LogP contribution in [-0.4, -0.2) is 14.3 Å². The van der Waals surface area contributed by atoms with Crippen molar-refractivity contribution in [3.8, 4) is 0 Å². The van der Waals surface area contributed by atoms with Crippen LogP contribution in [0.2, 0.25) is 0 Å². The SMILES string of the molecule is O=C(NC(c1ccc(F)cc1)c1cccs1)c1ccc(S(=O)(=O)NCc2ccco2)cc1. The Hall–Kier alpha value is -3.27. The molecule has 1 amide bonds. The Morgan fingerprint density at radius 3 is 2.38 bits per heavy atom. The van der Waals surface area contributed by atoms with E-state index < -0.39 is 16.1 Å². The second kappa shape index (κ2) is 9.47. The van der Waals surface area contributed by atoms with Crippen LogP contribution in [0.4, 0.5) is 4.39 Å². The van der Waals surface area contributed by atoms with Gasteiger partial charge in [-0.25, -0.2) is 17.5 Å². The first-order valence-corrected chi connectivity index (χ1v) is 12.0. The number of carbonyl (C=O) groups is 1. The zero-order chi connectivity index (χ0) is 22.6. The Bertz CT molecular complexity index is 1270. The van der Waals surface area contributed by atoms with E-state index in [0.29, 0.717) is 11.3 Å². The lowest BCUT2D eigenvalue weighted by Crippen LogP contribution is -2.29.